The predicted molar refractivity (Wildman–Crippen MR) is 173 cm³/mol. The van der Waals surface area contributed by atoms with E-state index in [0.717, 1.165) is 13.1 Å². The molecule has 45 heavy (non-hydrogen) atoms. The fourth-order valence-electron chi connectivity index (χ4n) is 6.64. The lowest BCUT2D eigenvalue weighted by molar-refractivity contribution is -0.295. The molecule has 0 aromatic heterocycles. The smallest absolute Gasteiger partial charge is 0.319 e. The van der Waals surface area contributed by atoms with Crippen molar-refractivity contribution in [2.75, 3.05) is 81.7 Å². The third kappa shape index (κ3) is 10.7. The zero-order chi connectivity index (χ0) is 34.3. The minimum atomic E-state index is -1.46. The van der Waals surface area contributed by atoms with Gasteiger partial charge in [0.1, 0.15) is 11.5 Å². The molecule has 2 aliphatic heterocycles. The molecule has 0 aliphatic carbocycles. The quantitative estimate of drug-likeness (QED) is 0.337. The molecule has 0 bridgehead atoms. The van der Waals surface area contributed by atoms with Crippen LogP contribution in [0.1, 0.15) is 60.8 Å². The summed E-state index contributed by atoms with van der Waals surface area (Å²) >= 11 is 0. The topological polar surface area (TPSA) is 121 Å². The fraction of sp³-hybridized carbons (Fsp3) is 0.909. The number of methoxy groups -OCH3 is 1. The number of aliphatic hydroxyl groups excluding tert-OH is 1. The number of amides is 1. The van der Waals surface area contributed by atoms with Crippen molar-refractivity contribution in [1.82, 2.24) is 19.6 Å². The Balaban J connectivity index is 2.46. The molecule has 2 heterocycles. The van der Waals surface area contributed by atoms with Crippen molar-refractivity contribution in [1.29, 1.82) is 0 Å². The molecule has 1 amide bonds. The van der Waals surface area contributed by atoms with Crippen molar-refractivity contribution in [3.63, 3.8) is 0 Å². The van der Waals surface area contributed by atoms with Crippen LogP contribution in [0.15, 0.2) is 0 Å². The van der Waals surface area contributed by atoms with Crippen LogP contribution >= 0.6 is 0 Å². The Bertz CT molecular complexity index is 978. The minimum absolute atomic E-state index is 0.00916. The van der Waals surface area contributed by atoms with E-state index in [9.17, 15) is 19.5 Å². The number of ketones is 1. The maximum absolute atomic E-state index is 14.2. The summed E-state index contributed by atoms with van der Waals surface area (Å²) in [6.45, 7) is 14.1. The molecular weight excluding hydrogens is 580 g/mol. The van der Waals surface area contributed by atoms with Crippen LogP contribution in [0.4, 0.5) is 0 Å². The normalized spacial score (nSPS) is 35.6. The maximum atomic E-state index is 14.2. The molecule has 0 aromatic rings. The number of nitrogens with zero attached hydrogens (tertiary/aromatic N) is 4. The van der Waals surface area contributed by atoms with Crippen LogP contribution in [0.2, 0.25) is 0 Å². The number of hydrogen-bond donors (Lipinski definition) is 1. The lowest BCUT2D eigenvalue weighted by Crippen LogP contribution is -2.59. The van der Waals surface area contributed by atoms with E-state index < -0.39 is 41.4 Å². The van der Waals surface area contributed by atoms with Gasteiger partial charge in [-0.2, -0.15) is 0 Å². The van der Waals surface area contributed by atoms with Gasteiger partial charge in [-0.05, 0) is 74.0 Å². The van der Waals surface area contributed by atoms with Crippen molar-refractivity contribution in [3.05, 3.63) is 0 Å². The van der Waals surface area contributed by atoms with Gasteiger partial charge in [0.25, 0.3) is 0 Å². The highest BCUT2D eigenvalue weighted by atomic mass is 16.7. The molecule has 0 spiro atoms. The van der Waals surface area contributed by atoms with Gasteiger partial charge in [-0.1, -0.05) is 13.8 Å². The van der Waals surface area contributed by atoms with Crippen molar-refractivity contribution < 1.29 is 38.4 Å². The third-order valence-electron chi connectivity index (χ3n) is 9.50. The Morgan fingerprint density at radius 1 is 1.07 bits per heavy atom. The minimum Gasteiger partial charge on any atom is -0.465 e. The lowest BCUT2D eigenvalue weighted by atomic mass is 9.74. The monoisotopic (exact) mass is 642 g/mol. The van der Waals surface area contributed by atoms with Gasteiger partial charge in [0.2, 0.25) is 5.91 Å². The van der Waals surface area contributed by atoms with E-state index in [0.29, 0.717) is 32.4 Å². The van der Waals surface area contributed by atoms with Gasteiger partial charge in [0.15, 0.2) is 12.1 Å². The predicted octanol–water partition coefficient (Wildman–Crippen LogP) is 1.73. The summed E-state index contributed by atoms with van der Waals surface area (Å²) in [6.07, 6.45) is -1.25. The number of likely N-dealkylation sites (N-methyl/N-ethyl adjacent to an activating group) is 3. The van der Waals surface area contributed by atoms with E-state index in [-0.39, 0.29) is 42.9 Å². The second-order valence-corrected chi connectivity index (χ2v) is 14.5. The van der Waals surface area contributed by atoms with E-state index in [4.69, 9.17) is 18.9 Å². The standard InChI is InChI=1S/C33H62N4O8/c1-22-19-33(6,42-12)29(45-30-27(39)25(34(7)8)18-23(2)44-30)24(3)28(40)32(4,5)31(41)43-17-13-14-37(16-15-36(11)20-22)21-26(38)35(9)10/h22-25,27,29-30,39H,13-21H2,1-12H3/t22-,23-,24+,25+,27-,29-,30+,33-/m1/s1. The van der Waals surface area contributed by atoms with Gasteiger partial charge in [0, 0.05) is 59.3 Å². The molecule has 2 saturated heterocycles. The van der Waals surface area contributed by atoms with Crippen molar-refractivity contribution in [2.24, 2.45) is 17.3 Å². The molecule has 0 saturated carbocycles. The molecule has 0 unspecified atom stereocenters. The molecule has 2 fully saturated rings. The van der Waals surface area contributed by atoms with Gasteiger partial charge < -0.3 is 38.8 Å². The second-order valence-electron chi connectivity index (χ2n) is 14.5. The van der Waals surface area contributed by atoms with Gasteiger partial charge >= 0.3 is 5.97 Å². The molecule has 12 heteroatoms. The Morgan fingerprint density at radius 3 is 2.29 bits per heavy atom. The second kappa shape index (κ2) is 16.9. The number of aliphatic hydroxyl groups is 1. The van der Waals surface area contributed by atoms with Crippen LogP contribution in [0.3, 0.4) is 0 Å². The number of esters is 1. The molecule has 12 nitrogen and oxygen atoms in total. The number of Topliss-reactive ketones (excluding diaryl/α,β-unsaturated/α-hetero) is 1. The highest BCUT2D eigenvalue weighted by Crippen LogP contribution is 2.38. The first kappa shape index (κ1) is 39.5. The SMILES string of the molecule is CO[C@]1(C)C[C@@H](C)CN(C)CCN(CC(=O)N(C)C)CCCOC(=O)C(C)(C)C(=O)[C@H](C)[C@H]1O[C@@H]1O[C@H](C)C[C@H](N(C)C)[C@H]1O. The van der Waals surface area contributed by atoms with E-state index in [1.165, 1.54) is 0 Å². The van der Waals surface area contributed by atoms with Crippen LogP contribution in [-0.4, -0.2) is 160 Å². The Hall–Kier alpha value is -1.67. The summed E-state index contributed by atoms with van der Waals surface area (Å²) in [4.78, 5) is 47.9. The number of cyclic esters (lactones) is 1. The number of ether oxygens (including phenoxy) is 4. The van der Waals surface area contributed by atoms with Crippen LogP contribution in [-0.2, 0) is 33.3 Å². The van der Waals surface area contributed by atoms with Crippen LogP contribution in [0.5, 0.6) is 0 Å². The van der Waals surface area contributed by atoms with E-state index >= 15 is 0 Å². The van der Waals surface area contributed by atoms with Crippen LogP contribution < -0.4 is 0 Å². The largest absolute Gasteiger partial charge is 0.465 e. The highest BCUT2D eigenvalue weighted by Gasteiger charge is 2.51. The first-order valence-electron chi connectivity index (χ1n) is 16.4. The average molecular weight is 643 g/mol. The third-order valence-corrected chi connectivity index (χ3v) is 9.50. The molecular formula is C33H62N4O8. The molecule has 262 valence electrons. The number of rotatable bonds is 6. The van der Waals surface area contributed by atoms with Crippen molar-refractivity contribution >= 4 is 17.7 Å². The summed E-state index contributed by atoms with van der Waals surface area (Å²) in [5, 5.41) is 11.3. The summed E-state index contributed by atoms with van der Waals surface area (Å²) < 4.78 is 24.6. The average Bonchev–Trinajstić information content (AvgIpc) is 2.95. The van der Waals surface area contributed by atoms with Gasteiger partial charge in [0.05, 0.1) is 31.0 Å². The Labute approximate surface area is 271 Å². The number of carbonyl (C=O) groups excluding carboxylic acids is 3. The first-order valence-corrected chi connectivity index (χ1v) is 16.4. The van der Waals surface area contributed by atoms with E-state index in [1.807, 2.05) is 32.8 Å². The van der Waals surface area contributed by atoms with Gasteiger partial charge in [-0.3, -0.25) is 19.3 Å². The number of carbonyl (C=O) groups is 3. The van der Waals surface area contributed by atoms with E-state index in [1.54, 1.807) is 46.9 Å². The molecule has 0 aromatic carbocycles. The zero-order valence-corrected chi connectivity index (χ0v) is 30.0. The number of hydrogen-bond acceptors (Lipinski definition) is 11. The summed E-state index contributed by atoms with van der Waals surface area (Å²) in [5.74, 6) is -1.60. The molecule has 0 radical (unpaired) electrons. The summed E-state index contributed by atoms with van der Waals surface area (Å²) in [6, 6.07) is -0.194. The van der Waals surface area contributed by atoms with Crippen LogP contribution in [0.25, 0.3) is 0 Å². The zero-order valence-electron chi connectivity index (χ0n) is 30.0. The van der Waals surface area contributed by atoms with Gasteiger partial charge in [-0.15, -0.1) is 0 Å². The first-order chi connectivity index (χ1) is 20.8. The Kier molecular flexibility index (Phi) is 14.9. The molecule has 2 rings (SSSR count). The van der Waals surface area contributed by atoms with Crippen molar-refractivity contribution in [3.8, 4) is 0 Å². The Morgan fingerprint density at radius 2 is 1.71 bits per heavy atom. The maximum Gasteiger partial charge on any atom is 0.319 e. The highest BCUT2D eigenvalue weighted by molar-refractivity contribution is 6.04. The summed E-state index contributed by atoms with van der Waals surface area (Å²) in [5.41, 5.74) is -2.42. The molecule has 8 atom stereocenters. The lowest BCUT2D eigenvalue weighted by Gasteiger charge is -2.47. The van der Waals surface area contributed by atoms with Gasteiger partial charge in [-0.25, -0.2) is 0 Å². The summed E-state index contributed by atoms with van der Waals surface area (Å²) in [7, 11) is 11.0. The van der Waals surface area contributed by atoms with Crippen LogP contribution in [0, 0.1) is 17.3 Å². The van der Waals surface area contributed by atoms with E-state index in [2.05, 4.69) is 23.8 Å². The molecule has 2 aliphatic rings. The molecule has 1 N–H and O–H groups in total. The fourth-order valence-corrected chi connectivity index (χ4v) is 6.64. The van der Waals surface area contributed by atoms with Crippen molar-refractivity contribution in [2.45, 2.75) is 97.0 Å².